The molecule has 0 aromatic heterocycles. The number of hydrogen-bond donors (Lipinski definition) is 2. The highest BCUT2D eigenvalue weighted by atomic mass is 32.2. The molecule has 0 atom stereocenters. The Bertz CT molecular complexity index is 815. The Morgan fingerprint density at radius 3 is 2.50 bits per heavy atom. The third-order valence-electron chi connectivity index (χ3n) is 4.04. The number of rotatable bonds is 2. The lowest BCUT2D eigenvalue weighted by Gasteiger charge is -2.23. The summed E-state index contributed by atoms with van der Waals surface area (Å²) >= 11 is 0. The maximum Gasteiger partial charge on any atom is 0.255 e. The van der Waals surface area contributed by atoms with Gasteiger partial charge in [0.2, 0.25) is 0 Å². The minimum absolute atomic E-state index is 0.0426. The van der Waals surface area contributed by atoms with Gasteiger partial charge in [-0.1, -0.05) is 30.3 Å². The second kappa shape index (κ2) is 5.61. The van der Waals surface area contributed by atoms with Crippen molar-refractivity contribution in [3.63, 3.8) is 0 Å². The summed E-state index contributed by atoms with van der Waals surface area (Å²) in [6.45, 7) is 0. The van der Waals surface area contributed by atoms with E-state index in [0.717, 1.165) is 5.39 Å². The molecule has 1 saturated heterocycles. The Labute approximate surface area is 128 Å². The SMILES string of the molecule is O=C(NC1CCS(=O)(=O)CC1)c1ccc2ccccc2c1O. The van der Waals surface area contributed by atoms with Crippen LogP contribution < -0.4 is 5.32 Å². The molecule has 0 spiro atoms. The fraction of sp³-hybridized carbons (Fsp3) is 0.312. The second-order valence-corrected chi connectivity index (χ2v) is 7.89. The molecule has 5 nitrogen and oxygen atoms in total. The average molecular weight is 319 g/mol. The highest BCUT2D eigenvalue weighted by Gasteiger charge is 2.25. The molecule has 0 bridgehead atoms. The van der Waals surface area contributed by atoms with E-state index in [-0.39, 0.29) is 34.8 Å². The van der Waals surface area contributed by atoms with Gasteiger partial charge >= 0.3 is 0 Å². The first-order valence-electron chi connectivity index (χ1n) is 7.18. The van der Waals surface area contributed by atoms with Crippen molar-refractivity contribution < 1.29 is 18.3 Å². The van der Waals surface area contributed by atoms with Gasteiger partial charge in [-0.3, -0.25) is 4.79 Å². The number of hydrogen-bond acceptors (Lipinski definition) is 4. The van der Waals surface area contributed by atoms with E-state index in [1.165, 1.54) is 0 Å². The zero-order valence-corrected chi connectivity index (χ0v) is 12.8. The number of nitrogens with one attached hydrogen (secondary N) is 1. The fourth-order valence-electron chi connectivity index (χ4n) is 2.74. The predicted octanol–water partition coefficient (Wildman–Crippen LogP) is 1.85. The molecule has 1 amide bonds. The van der Waals surface area contributed by atoms with Crippen molar-refractivity contribution >= 4 is 26.5 Å². The van der Waals surface area contributed by atoms with Crippen molar-refractivity contribution in [1.82, 2.24) is 5.32 Å². The first kappa shape index (κ1) is 14.8. The van der Waals surface area contributed by atoms with Gasteiger partial charge in [0.15, 0.2) is 0 Å². The highest BCUT2D eigenvalue weighted by Crippen LogP contribution is 2.28. The van der Waals surface area contributed by atoms with Crippen molar-refractivity contribution in [2.24, 2.45) is 0 Å². The average Bonchev–Trinajstić information content (AvgIpc) is 2.50. The minimum Gasteiger partial charge on any atom is -0.506 e. The Morgan fingerprint density at radius 1 is 1.09 bits per heavy atom. The van der Waals surface area contributed by atoms with Crippen molar-refractivity contribution in [3.05, 3.63) is 42.0 Å². The lowest BCUT2D eigenvalue weighted by atomic mass is 10.0. The standard InChI is InChI=1S/C16H17NO4S/c18-15-13-4-2-1-3-11(13)5-6-14(15)16(19)17-12-7-9-22(20,21)10-8-12/h1-6,12,18H,7-10H2,(H,17,19). The molecule has 3 rings (SSSR count). The molecular weight excluding hydrogens is 302 g/mol. The number of carbonyl (C=O) groups is 1. The number of amides is 1. The largest absolute Gasteiger partial charge is 0.506 e. The summed E-state index contributed by atoms with van der Waals surface area (Å²) in [7, 11) is -2.95. The monoisotopic (exact) mass is 319 g/mol. The van der Waals surface area contributed by atoms with Gasteiger partial charge in [0.25, 0.3) is 5.91 Å². The maximum absolute atomic E-state index is 12.3. The van der Waals surface area contributed by atoms with Crippen molar-refractivity contribution in [1.29, 1.82) is 0 Å². The Hall–Kier alpha value is -2.08. The van der Waals surface area contributed by atoms with Gasteiger partial charge in [-0.25, -0.2) is 8.42 Å². The molecule has 0 saturated carbocycles. The lowest BCUT2D eigenvalue weighted by Crippen LogP contribution is -2.40. The number of fused-ring (bicyclic) bond motifs is 1. The number of phenols is 1. The van der Waals surface area contributed by atoms with Crippen molar-refractivity contribution in [2.45, 2.75) is 18.9 Å². The molecule has 1 fully saturated rings. The van der Waals surface area contributed by atoms with Crippen molar-refractivity contribution in [3.8, 4) is 5.75 Å². The van der Waals surface area contributed by atoms with Gasteiger partial charge in [0, 0.05) is 11.4 Å². The van der Waals surface area contributed by atoms with E-state index in [9.17, 15) is 18.3 Å². The van der Waals surface area contributed by atoms with Crippen LogP contribution in [0.25, 0.3) is 10.8 Å². The molecule has 0 aliphatic carbocycles. The number of carbonyl (C=O) groups excluding carboxylic acids is 1. The summed E-state index contributed by atoms with van der Waals surface area (Å²) in [6, 6.07) is 10.5. The predicted molar refractivity (Wildman–Crippen MR) is 84.8 cm³/mol. The molecule has 2 aromatic rings. The summed E-state index contributed by atoms with van der Waals surface area (Å²) < 4.78 is 22.8. The van der Waals surface area contributed by atoms with Gasteiger partial charge in [0.1, 0.15) is 15.6 Å². The van der Waals surface area contributed by atoms with E-state index in [4.69, 9.17) is 0 Å². The van der Waals surface area contributed by atoms with Crippen LogP contribution in [0.15, 0.2) is 36.4 Å². The number of benzene rings is 2. The topological polar surface area (TPSA) is 83.5 Å². The molecule has 116 valence electrons. The first-order valence-corrected chi connectivity index (χ1v) is 9.00. The van der Waals surface area contributed by atoms with Crippen LogP contribution in [0, 0.1) is 0 Å². The van der Waals surface area contributed by atoms with Crippen LogP contribution in [0.4, 0.5) is 0 Å². The molecule has 1 aliphatic rings. The highest BCUT2D eigenvalue weighted by molar-refractivity contribution is 7.91. The maximum atomic E-state index is 12.3. The third kappa shape index (κ3) is 2.92. The number of phenolic OH excluding ortho intramolecular Hbond substituents is 1. The Kier molecular flexibility index (Phi) is 3.78. The summed E-state index contributed by atoms with van der Waals surface area (Å²) in [6.07, 6.45) is 0.838. The molecule has 1 aliphatic heterocycles. The summed E-state index contributed by atoms with van der Waals surface area (Å²) in [4.78, 5) is 12.3. The molecular formula is C16H17NO4S. The van der Waals surface area contributed by atoms with E-state index >= 15 is 0 Å². The van der Waals surface area contributed by atoms with E-state index < -0.39 is 9.84 Å². The third-order valence-corrected chi connectivity index (χ3v) is 5.75. The van der Waals surface area contributed by atoms with Crippen LogP contribution in [-0.2, 0) is 9.84 Å². The van der Waals surface area contributed by atoms with Crippen molar-refractivity contribution in [2.75, 3.05) is 11.5 Å². The molecule has 0 unspecified atom stereocenters. The van der Waals surface area contributed by atoms with Crippen LogP contribution in [0.5, 0.6) is 5.75 Å². The van der Waals surface area contributed by atoms with Gasteiger partial charge in [0.05, 0.1) is 17.1 Å². The first-order chi connectivity index (χ1) is 10.5. The normalized spacial score (nSPS) is 18.2. The van der Waals surface area contributed by atoms with Crippen LogP contribution in [0.3, 0.4) is 0 Å². The van der Waals surface area contributed by atoms with E-state index in [2.05, 4.69) is 5.32 Å². The second-order valence-electron chi connectivity index (χ2n) is 5.58. The van der Waals surface area contributed by atoms with Gasteiger partial charge in [-0.2, -0.15) is 0 Å². The molecule has 2 N–H and O–H groups in total. The Balaban J connectivity index is 1.80. The van der Waals surface area contributed by atoms with Gasteiger partial charge in [-0.05, 0) is 24.3 Å². The molecule has 6 heteroatoms. The molecule has 0 radical (unpaired) electrons. The number of aromatic hydroxyl groups is 1. The van der Waals surface area contributed by atoms with Crippen LogP contribution in [0.2, 0.25) is 0 Å². The fourth-order valence-corrected chi connectivity index (χ4v) is 4.23. The van der Waals surface area contributed by atoms with Gasteiger partial charge in [-0.15, -0.1) is 0 Å². The van der Waals surface area contributed by atoms with Crippen LogP contribution in [-0.4, -0.2) is 37.0 Å². The number of sulfone groups is 1. The lowest BCUT2D eigenvalue weighted by molar-refractivity contribution is 0.0932. The van der Waals surface area contributed by atoms with Gasteiger partial charge < -0.3 is 10.4 Å². The van der Waals surface area contributed by atoms with E-state index in [0.29, 0.717) is 18.2 Å². The summed E-state index contributed by atoms with van der Waals surface area (Å²) in [5.41, 5.74) is 0.215. The zero-order valence-electron chi connectivity index (χ0n) is 12.0. The van der Waals surface area contributed by atoms with Crippen LogP contribution in [0.1, 0.15) is 23.2 Å². The van der Waals surface area contributed by atoms with Crippen LogP contribution >= 0.6 is 0 Å². The zero-order chi connectivity index (χ0) is 15.7. The molecule has 22 heavy (non-hydrogen) atoms. The summed E-state index contributed by atoms with van der Waals surface area (Å²) in [5, 5.41) is 14.6. The van der Waals surface area contributed by atoms with E-state index in [1.807, 2.05) is 12.1 Å². The quantitative estimate of drug-likeness (QED) is 0.885. The molecule has 1 heterocycles. The minimum atomic E-state index is -2.95. The molecule has 2 aromatic carbocycles. The summed E-state index contributed by atoms with van der Waals surface area (Å²) in [5.74, 6) is -0.213. The van der Waals surface area contributed by atoms with E-state index in [1.54, 1.807) is 24.3 Å². The Morgan fingerprint density at radius 2 is 1.77 bits per heavy atom. The smallest absolute Gasteiger partial charge is 0.255 e.